The van der Waals surface area contributed by atoms with Crippen LogP contribution in [0, 0.1) is 12.3 Å². The highest BCUT2D eigenvalue weighted by atomic mass is 19.4. The fourth-order valence-electron chi connectivity index (χ4n) is 1.26. The molecule has 0 atom stereocenters. The molecule has 0 heterocycles. The lowest BCUT2D eigenvalue weighted by molar-refractivity contribution is -0.0695. The molecule has 0 aliphatic heterocycles. The SMILES string of the molecule is C#CC(F)(F)F.c1ccc(-c2ccccc2)cc1. The largest absolute Gasteiger partial charge is 0.457 e. The van der Waals surface area contributed by atoms with Crippen LogP contribution in [0.15, 0.2) is 60.7 Å². The Kier molecular flexibility index (Phi) is 5.01. The number of hydrogen-bond acceptors (Lipinski definition) is 0. The van der Waals surface area contributed by atoms with E-state index in [1.165, 1.54) is 11.1 Å². The van der Waals surface area contributed by atoms with Gasteiger partial charge in [0.15, 0.2) is 0 Å². The number of rotatable bonds is 1. The molecule has 0 saturated carbocycles. The zero-order valence-electron chi connectivity index (χ0n) is 9.48. The first-order valence-corrected chi connectivity index (χ1v) is 5.18. The van der Waals surface area contributed by atoms with Crippen molar-refractivity contribution >= 4 is 0 Å². The molecule has 0 radical (unpaired) electrons. The second kappa shape index (κ2) is 6.51. The van der Waals surface area contributed by atoms with Crippen LogP contribution < -0.4 is 0 Å². The highest BCUT2D eigenvalue weighted by molar-refractivity contribution is 5.62. The Morgan fingerprint density at radius 1 is 0.722 bits per heavy atom. The zero-order valence-corrected chi connectivity index (χ0v) is 9.48. The van der Waals surface area contributed by atoms with E-state index in [1.54, 1.807) is 0 Å². The summed E-state index contributed by atoms with van der Waals surface area (Å²) in [5.74, 6) is 0.604. The summed E-state index contributed by atoms with van der Waals surface area (Å²) in [5, 5.41) is 0. The minimum Gasteiger partial charge on any atom is -0.159 e. The van der Waals surface area contributed by atoms with Crippen LogP contribution >= 0.6 is 0 Å². The normalized spacial score (nSPS) is 9.89. The molecule has 0 saturated heterocycles. The van der Waals surface area contributed by atoms with E-state index in [4.69, 9.17) is 0 Å². The Hall–Kier alpha value is -2.21. The van der Waals surface area contributed by atoms with Crippen LogP contribution in [-0.4, -0.2) is 6.18 Å². The van der Waals surface area contributed by atoms with Crippen molar-refractivity contribution in [2.75, 3.05) is 0 Å². The molecule has 0 aromatic heterocycles. The fourth-order valence-corrected chi connectivity index (χ4v) is 1.26. The van der Waals surface area contributed by atoms with Crippen molar-refractivity contribution < 1.29 is 13.2 Å². The number of hydrogen-bond donors (Lipinski definition) is 0. The molecule has 18 heavy (non-hydrogen) atoms. The Morgan fingerprint density at radius 3 is 1.22 bits per heavy atom. The van der Waals surface area contributed by atoms with Gasteiger partial charge in [-0.15, -0.1) is 6.42 Å². The quantitative estimate of drug-likeness (QED) is 0.650. The predicted octanol–water partition coefficient (Wildman–Crippen LogP) is 4.54. The summed E-state index contributed by atoms with van der Waals surface area (Å²) in [6.45, 7) is 0. The van der Waals surface area contributed by atoms with E-state index in [9.17, 15) is 13.2 Å². The fraction of sp³-hybridized carbons (Fsp3) is 0.0667. The molecule has 3 heteroatoms. The predicted molar refractivity (Wildman–Crippen MR) is 66.8 cm³/mol. The zero-order chi connectivity index (χ0) is 13.4. The van der Waals surface area contributed by atoms with Gasteiger partial charge in [0.25, 0.3) is 0 Å². The van der Waals surface area contributed by atoms with Gasteiger partial charge in [-0.2, -0.15) is 13.2 Å². The third-order valence-corrected chi connectivity index (χ3v) is 2.04. The van der Waals surface area contributed by atoms with E-state index in [0.717, 1.165) is 0 Å². The summed E-state index contributed by atoms with van der Waals surface area (Å²) < 4.78 is 31.6. The van der Waals surface area contributed by atoms with Gasteiger partial charge in [0.1, 0.15) is 0 Å². The summed E-state index contributed by atoms with van der Waals surface area (Å²) >= 11 is 0. The van der Waals surface area contributed by atoms with Crippen LogP contribution in [0.2, 0.25) is 0 Å². The van der Waals surface area contributed by atoms with E-state index in [2.05, 4.69) is 55.0 Å². The summed E-state index contributed by atoms with van der Waals surface area (Å²) in [6.07, 6.45) is -0.500. The number of benzene rings is 2. The third kappa shape index (κ3) is 5.22. The Bertz CT molecular complexity index is 455. The van der Waals surface area contributed by atoms with E-state index >= 15 is 0 Å². The lowest BCUT2D eigenvalue weighted by Crippen LogP contribution is -1.99. The topological polar surface area (TPSA) is 0 Å². The first kappa shape index (κ1) is 13.9. The average Bonchev–Trinajstić information content (AvgIpc) is 2.41. The summed E-state index contributed by atoms with van der Waals surface area (Å²) in [4.78, 5) is 0. The van der Waals surface area contributed by atoms with Crippen molar-refractivity contribution in [1.82, 2.24) is 0 Å². The standard InChI is InChI=1S/C12H10.C3HF3/c1-3-7-11(8-4-1)12-9-5-2-6-10-12;1-2-3(4,5)6/h1-10H;1H. The van der Waals surface area contributed by atoms with E-state index in [-0.39, 0.29) is 0 Å². The lowest BCUT2D eigenvalue weighted by Gasteiger charge is -1.98. The first-order valence-electron chi connectivity index (χ1n) is 5.18. The summed E-state index contributed by atoms with van der Waals surface area (Å²) in [6, 6.07) is 20.8. The third-order valence-electron chi connectivity index (χ3n) is 2.04. The molecule has 0 spiro atoms. The molecule has 92 valence electrons. The highest BCUT2D eigenvalue weighted by Crippen LogP contribution is 2.17. The molecule has 2 rings (SSSR count). The Morgan fingerprint density at radius 2 is 1.00 bits per heavy atom. The maximum absolute atomic E-state index is 10.5. The van der Waals surface area contributed by atoms with Gasteiger partial charge in [-0.05, 0) is 11.1 Å². The molecule has 0 fully saturated rings. The maximum atomic E-state index is 10.5. The van der Waals surface area contributed by atoms with Gasteiger partial charge >= 0.3 is 6.18 Å². The van der Waals surface area contributed by atoms with Crippen molar-refractivity contribution in [3.63, 3.8) is 0 Å². The number of alkyl halides is 3. The van der Waals surface area contributed by atoms with Crippen molar-refractivity contribution in [1.29, 1.82) is 0 Å². The van der Waals surface area contributed by atoms with Crippen LogP contribution in [-0.2, 0) is 0 Å². The van der Waals surface area contributed by atoms with Crippen LogP contribution in [0.3, 0.4) is 0 Å². The molecule has 0 amide bonds. The van der Waals surface area contributed by atoms with Crippen LogP contribution in [0.1, 0.15) is 0 Å². The molecule has 0 unspecified atom stereocenters. The number of halogens is 3. The van der Waals surface area contributed by atoms with Crippen LogP contribution in [0.4, 0.5) is 13.2 Å². The molecular weight excluding hydrogens is 237 g/mol. The molecule has 2 aromatic carbocycles. The van der Waals surface area contributed by atoms with E-state index in [0.29, 0.717) is 5.92 Å². The molecular formula is C15H11F3. The molecule has 0 N–H and O–H groups in total. The highest BCUT2D eigenvalue weighted by Gasteiger charge is 2.21. The minimum absolute atomic E-state index is 0.604. The molecule has 0 nitrogen and oxygen atoms in total. The smallest absolute Gasteiger partial charge is 0.159 e. The van der Waals surface area contributed by atoms with Gasteiger partial charge < -0.3 is 0 Å². The molecule has 0 aliphatic rings. The van der Waals surface area contributed by atoms with Gasteiger partial charge in [0.2, 0.25) is 0 Å². The van der Waals surface area contributed by atoms with Gasteiger partial charge in [-0.1, -0.05) is 60.7 Å². The second-order valence-electron chi connectivity index (χ2n) is 3.37. The van der Waals surface area contributed by atoms with Crippen molar-refractivity contribution in [3.8, 4) is 23.5 Å². The van der Waals surface area contributed by atoms with E-state index < -0.39 is 6.18 Å². The molecule has 0 aliphatic carbocycles. The summed E-state index contributed by atoms with van der Waals surface area (Å²) in [7, 11) is 0. The average molecular weight is 248 g/mol. The Balaban J connectivity index is 0.000000232. The first-order chi connectivity index (χ1) is 8.53. The Labute approximate surface area is 104 Å². The molecule has 2 aromatic rings. The van der Waals surface area contributed by atoms with Crippen molar-refractivity contribution in [2.24, 2.45) is 0 Å². The van der Waals surface area contributed by atoms with Gasteiger partial charge in [-0.3, -0.25) is 0 Å². The number of terminal acetylenes is 1. The van der Waals surface area contributed by atoms with Gasteiger partial charge in [0.05, 0.1) is 0 Å². The lowest BCUT2D eigenvalue weighted by atomic mass is 10.1. The van der Waals surface area contributed by atoms with Crippen LogP contribution in [0.5, 0.6) is 0 Å². The van der Waals surface area contributed by atoms with Crippen molar-refractivity contribution in [2.45, 2.75) is 6.18 Å². The summed E-state index contributed by atoms with van der Waals surface area (Å²) in [5.41, 5.74) is 2.55. The monoisotopic (exact) mass is 248 g/mol. The van der Waals surface area contributed by atoms with Crippen LogP contribution in [0.25, 0.3) is 11.1 Å². The van der Waals surface area contributed by atoms with Gasteiger partial charge in [-0.25, -0.2) is 0 Å². The molecule has 0 bridgehead atoms. The van der Waals surface area contributed by atoms with E-state index in [1.807, 2.05) is 12.1 Å². The van der Waals surface area contributed by atoms with Crippen molar-refractivity contribution in [3.05, 3.63) is 60.7 Å². The maximum Gasteiger partial charge on any atom is 0.457 e. The minimum atomic E-state index is -4.43. The second-order valence-corrected chi connectivity index (χ2v) is 3.37. The van der Waals surface area contributed by atoms with Gasteiger partial charge in [0, 0.05) is 5.92 Å².